The second-order valence-electron chi connectivity index (χ2n) is 7.00. The normalized spacial score (nSPS) is 10.4. The summed E-state index contributed by atoms with van der Waals surface area (Å²) >= 11 is 0. The molecule has 0 fully saturated rings. The van der Waals surface area contributed by atoms with E-state index in [-0.39, 0.29) is 18.0 Å². The zero-order chi connectivity index (χ0) is 21.4. The Hall–Kier alpha value is -3.22. The molecule has 156 valence electrons. The number of anilines is 1. The fourth-order valence-corrected chi connectivity index (χ4v) is 2.81. The van der Waals surface area contributed by atoms with Gasteiger partial charge < -0.3 is 25.0 Å². The minimum atomic E-state index is -0.300. The molecule has 0 saturated carbocycles. The van der Waals surface area contributed by atoms with Gasteiger partial charge in [0.05, 0.1) is 14.2 Å². The van der Waals surface area contributed by atoms with E-state index in [2.05, 4.69) is 10.6 Å². The van der Waals surface area contributed by atoms with Gasteiger partial charge in [-0.25, -0.2) is 4.79 Å². The standard InChI is InChI=1S/C22H29N3O4/c1-15(2)23-22(27)24-18-8-6-7-17(14-18)21(26)25(3)12-11-16-9-10-19(28-4)20(13-16)29-5/h6-10,13-15H,11-12H2,1-5H3,(H2,23,24,27). The Labute approximate surface area is 172 Å². The predicted octanol–water partition coefficient (Wildman–Crippen LogP) is 3.55. The van der Waals surface area contributed by atoms with E-state index in [1.165, 1.54) is 0 Å². The Morgan fingerprint density at radius 1 is 1.03 bits per heavy atom. The van der Waals surface area contributed by atoms with Crippen LogP contribution >= 0.6 is 0 Å². The maximum atomic E-state index is 12.8. The molecular weight excluding hydrogens is 370 g/mol. The lowest BCUT2D eigenvalue weighted by atomic mass is 10.1. The van der Waals surface area contributed by atoms with Crippen LogP contribution in [0.1, 0.15) is 29.8 Å². The number of benzene rings is 2. The number of carbonyl (C=O) groups is 2. The number of likely N-dealkylation sites (N-methyl/N-ethyl adjacent to an activating group) is 1. The summed E-state index contributed by atoms with van der Waals surface area (Å²) < 4.78 is 10.6. The smallest absolute Gasteiger partial charge is 0.319 e. The van der Waals surface area contributed by atoms with Crippen LogP contribution in [-0.4, -0.2) is 50.7 Å². The van der Waals surface area contributed by atoms with Crippen molar-refractivity contribution in [2.24, 2.45) is 0 Å². The number of methoxy groups -OCH3 is 2. The summed E-state index contributed by atoms with van der Waals surface area (Å²) in [6.45, 7) is 4.31. The number of urea groups is 1. The van der Waals surface area contributed by atoms with Gasteiger partial charge in [-0.2, -0.15) is 0 Å². The van der Waals surface area contributed by atoms with Crippen LogP contribution in [0.15, 0.2) is 42.5 Å². The molecule has 2 aromatic rings. The number of amides is 3. The van der Waals surface area contributed by atoms with Crippen LogP contribution in [0.3, 0.4) is 0 Å². The molecule has 29 heavy (non-hydrogen) atoms. The molecule has 0 aliphatic heterocycles. The molecule has 0 aromatic heterocycles. The number of ether oxygens (including phenoxy) is 2. The van der Waals surface area contributed by atoms with Gasteiger partial charge >= 0.3 is 6.03 Å². The topological polar surface area (TPSA) is 79.9 Å². The van der Waals surface area contributed by atoms with Crippen molar-refractivity contribution in [3.8, 4) is 11.5 Å². The van der Waals surface area contributed by atoms with Crippen LogP contribution in [0, 0.1) is 0 Å². The summed E-state index contributed by atoms with van der Waals surface area (Å²) in [6.07, 6.45) is 0.678. The maximum Gasteiger partial charge on any atom is 0.319 e. The lowest BCUT2D eigenvalue weighted by Gasteiger charge is -2.18. The van der Waals surface area contributed by atoms with Crippen LogP contribution in [0.4, 0.5) is 10.5 Å². The highest BCUT2D eigenvalue weighted by molar-refractivity contribution is 5.96. The number of carbonyl (C=O) groups excluding carboxylic acids is 2. The summed E-state index contributed by atoms with van der Waals surface area (Å²) in [4.78, 5) is 26.3. The molecular formula is C22H29N3O4. The van der Waals surface area contributed by atoms with Crippen molar-refractivity contribution < 1.29 is 19.1 Å². The van der Waals surface area contributed by atoms with Gasteiger partial charge in [0, 0.05) is 30.9 Å². The predicted molar refractivity (Wildman–Crippen MR) is 114 cm³/mol. The molecule has 0 aliphatic carbocycles. The van der Waals surface area contributed by atoms with Crippen molar-refractivity contribution in [2.45, 2.75) is 26.3 Å². The highest BCUT2D eigenvalue weighted by Crippen LogP contribution is 2.27. The van der Waals surface area contributed by atoms with Gasteiger partial charge in [-0.1, -0.05) is 12.1 Å². The number of nitrogens with one attached hydrogen (secondary N) is 2. The second-order valence-corrected chi connectivity index (χ2v) is 7.00. The largest absolute Gasteiger partial charge is 0.493 e. The van der Waals surface area contributed by atoms with Crippen molar-refractivity contribution in [1.29, 1.82) is 0 Å². The van der Waals surface area contributed by atoms with E-state index in [1.54, 1.807) is 50.4 Å². The summed E-state index contributed by atoms with van der Waals surface area (Å²) in [6, 6.07) is 12.4. The van der Waals surface area contributed by atoms with Crippen LogP contribution in [0.25, 0.3) is 0 Å². The van der Waals surface area contributed by atoms with Crippen molar-refractivity contribution in [1.82, 2.24) is 10.2 Å². The van der Waals surface area contributed by atoms with E-state index in [4.69, 9.17) is 9.47 Å². The molecule has 0 unspecified atom stereocenters. The summed E-state index contributed by atoms with van der Waals surface area (Å²) in [5.41, 5.74) is 2.13. The molecule has 0 saturated heterocycles. The molecule has 0 aliphatic rings. The Kier molecular flexibility index (Phi) is 7.88. The first-order chi connectivity index (χ1) is 13.8. The molecule has 0 atom stereocenters. The van der Waals surface area contributed by atoms with Crippen molar-refractivity contribution >= 4 is 17.6 Å². The van der Waals surface area contributed by atoms with Crippen molar-refractivity contribution in [3.05, 3.63) is 53.6 Å². The Balaban J connectivity index is 1.99. The first kappa shape index (κ1) is 22.1. The third kappa shape index (κ3) is 6.41. The van der Waals surface area contributed by atoms with Crippen LogP contribution in [0.2, 0.25) is 0 Å². The molecule has 3 amide bonds. The fraction of sp³-hybridized carbons (Fsp3) is 0.364. The SMILES string of the molecule is COc1ccc(CCN(C)C(=O)c2cccc(NC(=O)NC(C)C)c2)cc1OC. The zero-order valence-corrected chi connectivity index (χ0v) is 17.6. The van der Waals surface area contributed by atoms with E-state index < -0.39 is 0 Å². The molecule has 0 radical (unpaired) electrons. The third-order valence-corrected chi connectivity index (χ3v) is 4.32. The Bertz CT molecular complexity index is 852. The van der Waals surface area contributed by atoms with E-state index in [1.807, 2.05) is 32.0 Å². The molecule has 0 heterocycles. The molecule has 7 heteroatoms. The monoisotopic (exact) mass is 399 g/mol. The van der Waals surface area contributed by atoms with Crippen molar-refractivity contribution in [3.63, 3.8) is 0 Å². The summed E-state index contributed by atoms with van der Waals surface area (Å²) in [5, 5.41) is 5.50. The summed E-state index contributed by atoms with van der Waals surface area (Å²) in [7, 11) is 4.95. The number of hydrogen-bond acceptors (Lipinski definition) is 4. The second kappa shape index (κ2) is 10.4. The lowest BCUT2D eigenvalue weighted by molar-refractivity contribution is 0.0796. The zero-order valence-electron chi connectivity index (χ0n) is 17.6. The molecule has 0 spiro atoms. The van der Waals surface area contributed by atoms with Gasteiger partial charge in [-0.15, -0.1) is 0 Å². The van der Waals surface area contributed by atoms with E-state index in [0.717, 1.165) is 5.56 Å². The molecule has 0 bridgehead atoms. The lowest BCUT2D eigenvalue weighted by Crippen LogP contribution is -2.34. The van der Waals surface area contributed by atoms with E-state index >= 15 is 0 Å². The van der Waals surface area contributed by atoms with Crippen molar-refractivity contribution in [2.75, 3.05) is 33.1 Å². The van der Waals surface area contributed by atoms with Gasteiger partial charge in [-0.05, 0) is 56.2 Å². The van der Waals surface area contributed by atoms with Gasteiger partial charge in [-0.3, -0.25) is 4.79 Å². The van der Waals surface area contributed by atoms with Crippen LogP contribution in [0.5, 0.6) is 11.5 Å². The number of rotatable bonds is 8. The van der Waals surface area contributed by atoms with Crippen LogP contribution in [-0.2, 0) is 6.42 Å². The quantitative estimate of drug-likeness (QED) is 0.711. The average Bonchev–Trinajstić information content (AvgIpc) is 2.70. The van der Waals surface area contributed by atoms with Gasteiger partial charge in [0.25, 0.3) is 5.91 Å². The molecule has 2 rings (SSSR count). The Morgan fingerprint density at radius 3 is 2.41 bits per heavy atom. The Morgan fingerprint density at radius 2 is 1.76 bits per heavy atom. The summed E-state index contributed by atoms with van der Waals surface area (Å²) in [5.74, 6) is 1.22. The van der Waals surface area contributed by atoms with Crippen LogP contribution < -0.4 is 20.1 Å². The molecule has 2 aromatic carbocycles. The van der Waals surface area contributed by atoms with E-state index in [0.29, 0.717) is 35.7 Å². The third-order valence-electron chi connectivity index (χ3n) is 4.32. The first-order valence-electron chi connectivity index (χ1n) is 9.48. The van der Waals surface area contributed by atoms with Gasteiger partial charge in [0.15, 0.2) is 11.5 Å². The average molecular weight is 399 g/mol. The number of nitrogens with zero attached hydrogens (tertiary/aromatic N) is 1. The minimum Gasteiger partial charge on any atom is -0.493 e. The fourth-order valence-electron chi connectivity index (χ4n) is 2.81. The first-order valence-corrected chi connectivity index (χ1v) is 9.48. The van der Waals surface area contributed by atoms with E-state index in [9.17, 15) is 9.59 Å². The highest BCUT2D eigenvalue weighted by atomic mass is 16.5. The maximum absolute atomic E-state index is 12.8. The van der Waals surface area contributed by atoms with Gasteiger partial charge in [0.1, 0.15) is 0 Å². The minimum absolute atomic E-state index is 0.0301. The van der Waals surface area contributed by atoms with Gasteiger partial charge in [0.2, 0.25) is 0 Å². The highest BCUT2D eigenvalue weighted by Gasteiger charge is 2.14. The number of hydrogen-bond donors (Lipinski definition) is 2. The molecule has 2 N–H and O–H groups in total. The molecule has 7 nitrogen and oxygen atoms in total.